The second-order valence-electron chi connectivity index (χ2n) is 6.07. The van der Waals surface area contributed by atoms with E-state index in [-0.39, 0.29) is 31.1 Å². The summed E-state index contributed by atoms with van der Waals surface area (Å²) >= 11 is 3.80. The van der Waals surface area contributed by atoms with Gasteiger partial charge < -0.3 is 43.4 Å². The van der Waals surface area contributed by atoms with E-state index in [0.717, 1.165) is 0 Å². The number of thiol groups is 1. The Bertz CT molecular complexity index is 670. The molecule has 170 valence electrons. The van der Waals surface area contributed by atoms with Crippen molar-refractivity contribution in [1.82, 2.24) is 16.0 Å². The van der Waals surface area contributed by atoms with Gasteiger partial charge in [0.1, 0.15) is 12.1 Å². The predicted octanol–water partition coefficient (Wildman–Crippen LogP) is -4.06. The first-order valence-electron chi connectivity index (χ1n) is 8.71. The molecule has 3 atom stereocenters. The summed E-state index contributed by atoms with van der Waals surface area (Å²) in [6.07, 6.45) is -0.307. The van der Waals surface area contributed by atoms with Crippen LogP contribution in [0.2, 0.25) is 0 Å². The third-order valence-corrected chi connectivity index (χ3v) is 3.91. The average Bonchev–Trinajstić information content (AvgIpc) is 2.65. The number of nitrogens with one attached hydrogen (secondary N) is 3. The molecule has 0 aliphatic carbocycles. The van der Waals surface area contributed by atoms with Crippen LogP contribution in [0.25, 0.3) is 0 Å². The fourth-order valence-corrected chi connectivity index (χ4v) is 2.30. The van der Waals surface area contributed by atoms with Crippen LogP contribution in [0, 0.1) is 0 Å². The number of hydrogen-bond acceptors (Lipinski definition) is 8. The molecule has 0 bridgehead atoms. The fraction of sp³-hybridized carbons (Fsp3) is 0.600. The van der Waals surface area contributed by atoms with Crippen molar-refractivity contribution in [2.45, 2.75) is 37.4 Å². The van der Waals surface area contributed by atoms with Gasteiger partial charge in [-0.25, -0.2) is 4.79 Å². The highest BCUT2D eigenvalue weighted by atomic mass is 32.1. The van der Waals surface area contributed by atoms with Crippen LogP contribution in [0.3, 0.4) is 0 Å². The minimum absolute atomic E-state index is 0.0597. The number of aliphatic imine (C=N–C) groups is 1. The smallest absolute Gasteiger partial charge is 0.327 e. The zero-order valence-corrected chi connectivity index (χ0v) is 16.9. The normalized spacial score (nSPS) is 13.3. The Labute approximate surface area is 177 Å². The van der Waals surface area contributed by atoms with Crippen molar-refractivity contribution in [3.05, 3.63) is 0 Å². The summed E-state index contributed by atoms with van der Waals surface area (Å²) in [5.41, 5.74) is 15.9. The topological polar surface area (TPSA) is 252 Å². The lowest BCUT2D eigenvalue weighted by molar-refractivity contribution is -0.141. The van der Waals surface area contributed by atoms with E-state index in [1.807, 2.05) is 0 Å². The first kappa shape index (κ1) is 26.9. The highest BCUT2D eigenvalue weighted by molar-refractivity contribution is 7.80. The van der Waals surface area contributed by atoms with Crippen LogP contribution in [0.5, 0.6) is 0 Å². The van der Waals surface area contributed by atoms with Gasteiger partial charge in [-0.15, -0.1) is 0 Å². The molecule has 3 amide bonds. The number of aliphatic carboxylic acids is 2. The number of nitrogens with zero attached hydrogens (tertiary/aromatic N) is 1. The molecule has 14 nitrogen and oxygen atoms in total. The molecule has 11 N–H and O–H groups in total. The van der Waals surface area contributed by atoms with Gasteiger partial charge in [-0.2, -0.15) is 12.6 Å². The Morgan fingerprint density at radius 2 is 1.63 bits per heavy atom. The van der Waals surface area contributed by atoms with Crippen LogP contribution >= 0.6 is 12.6 Å². The van der Waals surface area contributed by atoms with Crippen LogP contribution in [0.15, 0.2) is 4.99 Å². The lowest BCUT2D eigenvalue weighted by Gasteiger charge is -2.20. The molecule has 0 rings (SSSR count). The molecule has 0 aromatic rings. The summed E-state index contributed by atoms with van der Waals surface area (Å²) in [6, 6.07) is -3.77. The number of nitrogens with two attached hydrogens (primary N) is 3. The third kappa shape index (κ3) is 11.7. The Balaban J connectivity index is 4.93. The number of amides is 3. The summed E-state index contributed by atoms with van der Waals surface area (Å²) < 4.78 is 0. The molecule has 0 radical (unpaired) electrons. The van der Waals surface area contributed by atoms with Gasteiger partial charge in [0.25, 0.3) is 0 Å². The van der Waals surface area contributed by atoms with Crippen LogP contribution in [-0.2, 0) is 24.0 Å². The second kappa shape index (κ2) is 14.0. The minimum Gasteiger partial charge on any atom is -0.481 e. The predicted molar refractivity (Wildman–Crippen MR) is 108 cm³/mol. The second-order valence-corrected chi connectivity index (χ2v) is 6.44. The number of carbonyl (C=O) groups excluding carboxylic acids is 3. The van der Waals surface area contributed by atoms with Gasteiger partial charge in [0.2, 0.25) is 17.7 Å². The maximum atomic E-state index is 12.4. The van der Waals surface area contributed by atoms with Gasteiger partial charge in [-0.05, 0) is 12.8 Å². The molecule has 15 heteroatoms. The van der Waals surface area contributed by atoms with Crippen molar-refractivity contribution < 1.29 is 34.2 Å². The van der Waals surface area contributed by atoms with E-state index in [9.17, 15) is 24.0 Å². The Morgan fingerprint density at radius 1 is 1.00 bits per heavy atom. The molecule has 30 heavy (non-hydrogen) atoms. The van der Waals surface area contributed by atoms with E-state index in [0.29, 0.717) is 0 Å². The zero-order valence-electron chi connectivity index (χ0n) is 16.0. The summed E-state index contributed by atoms with van der Waals surface area (Å²) in [7, 11) is 0. The van der Waals surface area contributed by atoms with Crippen molar-refractivity contribution in [1.29, 1.82) is 0 Å². The molecule has 0 aliphatic heterocycles. The number of rotatable bonds is 14. The van der Waals surface area contributed by atoms with E-state index in [1.165, 1.54) is 0 Å². The number of hydrogen-bond donors (Lipinski definition) is 9. The summed E-state index contributed by atoms with van der Waals surface area (Å²) in [4.78, 5) is 61.5. The largest absolute Gasteiger partial charge is 0.481 e. The maximum Gasteiger partial charge on any atom is 0.327 e. The highest BCUT2D eigenvalue weighted by Gasteiger charge is 2.25. The van der Waals surface area contributed by atoms with Crippen LogP contribution < -0.4 is 33.2 Å². The van der Waals surface area contributed by atoms with E-state index in [1.54, 1.807) is 0 Å². The average molecular weight is 449 g/mol. The van der Waals surface area contributed by atoms with Crippen molar-refractivity contribution in [2.75, 3.05) is 18.8 Å². The minimum atomic E-state index is -1.38. The Morgan fingerprint density at radius 3 is 2.13 bits per heavy atom. The van der Waals surface area contributed by atoms with Gasteiger partial charge in [-0.3, -0.25) is 24.2 Å². The van der Waals surface area contributed by atoms with E-state index in [4.69, 9.17) is 27.4 Å². The molecule has 0 aliphatic rings. The van der Waals surface area contributed by atoms with Gasteiger partial charge in [0.15, 0.2) is 5.96 Å². The summed E-state index contributed by atoms with van der Waals surface area (Å²) in [5.74, 6) is -5.30. The molecule has 0 fully saturated rings. The molecule has 0 saturated carbocycles. The Hall–Kier alpha value is -3.07. The Kier molecular flexibility index (Phi) is 12.6. The SMILES string of the molecule is NC(N)=NCCCC(NC(=O)C(N)CC(=O)O)C(=O)NCC(=O)NC(CS)C(=O)O. The van der Waals surface area contributed by atoms with Gasteiger partial charge in [0, 0.05) is 12.3 Å². The van der Waals surface area contributed by atoms with Crippen LogP contribution in [0.1, 0.15) is 19.3 Å². The first-order valence-corrected chi connectivity index (χ1v) is 9.35. The number of carboxylic acids is 2. The van der Waals surface area contributed by atoms with E-state index < -0.39 is 60.8 Å². The molecule has 0 heterocycles. The molecule has 0 spiro atoms. The summed E-state index contributed by atoms with van der Waals surface area (Å²) in [5, 5.41) is 24.3. The van der Waals surface area contributed by atoms with Crippen LogP contribution in [0.4, 0.5) is 0 Å². The molecule has 0 saturated heterocycles. The van der Waals surface area contributed by atoms with Gasteiger partial charge >= 0.3 is 11.9 Å². The standard InChI is InChI=1S/C15H27N7O7S/c16-7(4-11(24)25)12(26)22-8(2-1-3-19-15(17)18)13(27)20-5-10(23)21-9(6-30)14(28)29/h7-9,30H,1-6,16H2,(H,20,27)(H,21,23)(H,22,26)(H,24,25)(H,28,29)(H4,17,18,19). The van der Waals surface area contributed by atoms with E-state index >= 15 is 0 Å². The molecule has 0 aromatic carbocycles. The maximum absolute atomic E-state index is 12.4. The molecular formula is C15H27N7O7S. The molecule has 0 aromatic heterocycles. The monoisotopic (exact) mass is 449 g/mol. The quantitative estimate of drug-likeness (QED) is 0.0536. The number of carbonyl (C=O) groups is 5. The highest BCUT2D eigenvalue weighted by Crippen LogP contribution is 2.01. The third-order valence-electron chi connectivity index (χ3n) is 3.55. The summed E-state index contributed by atoms with van der Waals surface area (Å²) in [6.45, 7) is -0.399. The lowest BCUT2D eigenvalue weighted by atomic mass is 10.1. The van der Waals surface area contributed by atoms with Gasteiger partial charge in [0.05, 0.1) is 19.0 Å². The van der Waals surface area contributed by atoms with Gasteiger partial charge in [-0.1, -0.05) is 0 Å². The first-order chi connectivity index (χ1) is 14.0. The number of guanidine groups is 1. The molecule has 3 unspecified atom stereocenters. The number of carboxylic acid groups (broad SMARTS) is 2. The van der Waals surface area contributed by atoms with Crippen molar-refractivity contribution in [2.24, 2.45) is 22.2 Å². The van der Waals surface area contributed by atoms with Crippen LogP contribution in [-0.4, -0.2) is 82.8 Å². The fourth-order valence-electron chi connectivity index (χ4n) is 2.05. The van der Waals surface area contributed by atoms with E-state index in [2.05, 4.69) is 33.6 Å². The molecular weight excluding hydrogens is 422 g/mol. The van der Waals surface area contributed by atoms with Crippen molar-refractivity contribution in [3.8, 4) is 0 Å². The van der Waals surface area contributed by atoms with Crippen molar-refractivity contribution >= 4 is 48.2 Å². The lowest BCUT2D eigenvalue weighted by Crippen LogP contribution is -2.54. The zero-order chi connectivity index (χ0) is 23.3. The van der Waals surface area contributed by atoms with Crippen molar-refractivity contribution in [3.63, 3.8) is 0 Å².